The minimum atomic E-state index is -0.289. The molecule has 0 aliphatic heterocycles. The molecule has 0 bridgehead atoms. The molecule has 2 aliphatic rings. The number of nitrogens with one attached hydrogen (secondary N) is 1. The van der Waals surface area contributed by atoms with Crippen molar-refractivity contribution >= 4 is 17.5 Å². The molecule has 0 aromatic heterocycles. The molecule has 1 aromatic rings. The van der Waals surface area contributed by atoms with E-state index in [9.17, 15) is 4.79 Å². The second-order valence-corrected chi connectivity index (χ2v) is 6.34. The maximum absolute atomic E-state index is 12.6. The van der Waals surface area contributed by atoms with E-state index in [4.69, 9.17) is 11.6 Å². The minimum absolute atomic E-state index is 0.210. The fourth-order valence-corrected chi connectivity index (χ4v) is 3.32. The first kappa shape index (κ1) is 13.0. The molecule has 0 heterocycles. The average molecular weight is 278 g/mol. The van der Waals surface area contributed by atoms with Gasteiger partial charge in [0.25, 0.3) is 0 Å². The Kier molecular flexibility index (Phi) is 3.53. The molecule has 0 radical (unpaired) electrons. The number of amides is 1. The molecule has 2 fully saturated rings. The van der Waals surface area contributed by atoms with Crippen molar-refractivity contribution < 1.29 is 4.79 Å². The van der Waals surface area contributed by atoms with Crippen LogP contribution in [0.4, 0.5) is 0 Å². The van der Waals surface area contributed by atoms with E-state index < -0.39 is 0 Å². The SMILES string of the molecule is O=C(NC1CCCCC1)C1(c2cccc(Cl)c2)CC1. The number of benzene rings is 1. The van der Waals surface area contributed by atoms with Crippen molar-refractivity contribution in [3.05, 3.63) is 34.9 Å². The van der Waals surface area contributed by atoms with Crippen LogP contribution < -0.4 is 5.32 Å². The second kappa shape index (κ2) is 5.16. The van der Waals surface area contributed by atoms with Gasteiger partial charge in [-0.3, -0.25) is 4.79 Å². The molecule has 0 unspecified atom stereocenters. The lowest BCUT2D eigenvalue weighted by Gasteiger charge is -2.25. The monoisotopic (exact) mass is 277 g/mol. The molecule has 1 amide bonds. The molecular weight excluding hydrogens is 258 g/mol. The van der Waals surface area contributed by atoms with Gasteiger partial charge in [-0.1, -0.05) is 43.0 Å². The summed E-state index contributed by atoms with van der Waals surface area (Å²) >= 11 is 6.04. The summed E-state index contributed by atoms with van der Waals surface area (Å²) in [6.45, 7) is 0. The maximum atomic E-state index is 12.6. The van der Waals surface area contributed by atoms with Crippen LogP contribution in [0, 0.1) is 0 Å². The molecule has 1 aromatic carbocycles. The predicted molar refractivity (Wildman–Crippen MR) is 77.4 cm³/mol. The summed E-state index contributed by atoms with van der Waals surface area (Å²) in [5, 5.41) is 3.97. The summed E-state index contributed by atoms with van der Waals surface area (Å²) in [5.41, 5.74) is 0.788. The van der Waals surface area contributed by atoms with Gasteiger partial charge in [0, 0.05) is 11.1 Å². The first-order chi connectivity index (χ1) is 9.21. The van der Waals surface area contributed by atoms with Gasteiger partial charge in [-0.25, -0.2) is 0 Å². The molecule has 0 spiro atoms. The van der Waals surface area contributed by atoms with Gasteiger partial charge in [-0.05, 0) is 43.4 Å². The Morgan fingerprint density at radius 3 is 2.58 bits per heavy atom. The topological polar surface area (TPSA) is 29.1 Å². The van der Waals surface area contributed by atoms with E-state index in [1.165, 1.54) is 19.3 Å². The molecule has 0 saturated heterocycles. The normalized spacial score (nSPS) is 21.9. The Labute approximate surface area is 119 Å². The summed E-state index contributed by atoms with van der Waals surface area (Å²) in [7, 11) is 0. The Balaban J connectivity index is 1.71. The molecule has 2 saturated carbocycles. The van der Waals surface area contributed by atoms with Gasteiger partial charge in [0.2, 0.25) is 5.91 Å². The van der Waals surface area contributed by atoms with Crippen LogP contribution in [0.3, 0.4) is 0 Å². The van der Waals surface area contributed by atoms with Gasteiger partial charge >= 0.3 is 0 Å². The van der Waals surface area contributed by atoms with Crippen LogP contribution in [-0.4, -0.2) is 11.9 Å². The Bertz CT molecular complexity index is 475. The quantitative estimate of drug-likeness (QED) is 0.894. The van der Waals surface area contributed by atoms with E-state index in [0.717, 1.165) is 31.2 Å². The third-order valence-corrected chi connectivity index (χ3v) is 4.74. The van der Waals surface area contributed by atoms with Crippen molar-refractivity contribution in [2.45, 2.75) is 56.4 Å². The van der Waals surface area contributed by atoms with E-state index in [1.807, 2.05) is 24.3 Å². The van der Waals surface area contributed by atoms with Crippen LogP contribution in [0.2, 0.25) is 5.02 Å². The van der Waals surface area contributed by atoms with Crippen LogP contribution in [0.15, 0.2) is 24.3 Å². The molecule has 19 heavy (non-hydrogen) atoms. The number of carbonyl (C=O) groups is 1. The third kappa shape index (κ3) is 2.64. The largest absolute Gasteiger partial charge is 0.353 e. The van der Waals surface area contributed by atoms with Gasteiger partial charge in [0.05, 0.1) is 5.41 Å². The summed E-state index contributed by atoms with van der Waals surface area (Å²) in [6, 6.07) is 8.15. The third-order valence-electron chi connectivity index (χ3n) is 4.50. The fourth-order valence-electron chi connectivity index (χ4n) is 3.13. The number of rotatable bonds is 3. The lowest BCUT2D eigenvalue weighted by Crippen LogP contribution is -2.42. The summed E-state index contributed by atoms with van der Waals surface area (Å²) in [5.74, 6) is 0.210. The van der Waals surface area contributed by atoms with Gasteiger partial charge < -0.3 is 5.32 Å². The fraction of sp³-hybridized carbons (Fsp3) is 0.562. The van der Waals surface area contributed by atoms with Gasteiger partial charge in [-0.15, -0.1) is 0 Å². The highest BCUT2D eigenvalue weighted by Gasteiger charge is 2.51. The lowest BCUT2D eigenvalue weighted by molar-refractivity contribution is -0.124. The second-order valence-electron chi connectivity index (χ2n) is 5.90. The zero-order chi connectivity index (χ0) is 13.3. The van der Waals surface area contributed by atoms with E-state index in [0.29, 0.717) is 11.1 Å². The maximum Gasteiger partial charge on any atom is 0.230 e. The number of hydrogen-bond acceptors (Lipinski definition) is 1. The standard InChI is InChI=1S/C16H20ClNO/c17-13-6-4-5-12(11-13)16(9-10-16)15(19)18-14-7-2-1-3-8-14/h4-6,11,14H,1-3,7-10H2,(H,18,19). The van der Waals surface area contributed by atoms with Crippen LogP contribution in [0.5, 0.6) is 0 Å². The first-order valence-electron chi connectivity index (χ1n) is 7.28. The minimum Gasteiger partial charge on any atom is -0.353 e. The highest BCUT2D eigenvalue weighted by Crippen LogP contribution is 2.49. The lowest BCUT2D eigenvalue weighted by atomic mass is 9.92. The summed E-state index contributed by atoms with van der Waals surface area (Å²) in [6.07, 6.45) is 7.97. The van der Waals surface area contributed by atoms with Crippen LogP contribution in [0.25, 0.3) is 0 Å². The van der Waals surface area contributed by atoms with Crippen molar-refractivity contribution in [2.24, 2.45) is 0 Å². The van der Waals surface area contributed by atoms with Crippen LogP contribution in [-0.2, 0) is 10.2 Å². The van der Waals surface area contributed by atoms with Crippen molar-refractivity contribution in [3.8, 4) is 0 Å². The first-order valence-corrected chi connectivity index (χ1v) is 7.65. The van der Waals surface area contributed by atoms with Gasteiger partial charge in [0.15, 0.2) is 0 Å². The van der Waals surface area contributed by atoms with Crippen LogP contribution in [0.1, 0.15) is 50.5 Å². The zero-order valence-electron chi connectivity index (χ0n) is 11.1. The Morgan fingerprint density at radius 2 is 1.95 bits per heavy atom. The van der Waals surface area contributed by atoms with Crippen molar-refractivity contribution in [2.75, 3.05) is 0 Å². The highest BCUT2D eigenvalue weighted by molar-refractivity contribution is 6.30. The number of halogens is 1. The molecular formula is C16H20ClNO. The van der Waals surface area contributed by atoms with Crippen molar-refractivity contribution in [1.82, 2.24) is 5.32 Å². The van der Waals surface area contributed by atoms with E-state index in [-0.39, 0.29) is 11.3 Å². The van der Waals surface area contributed by atoms with E-state index >= 15 is 0 Å². The molecule has 2 nitrogen and oxygen atoms in total. The van der Waals surface area contributed by atoms with Gasteiger partial charge in [0.1, 0.15) is 0 Å². The van der Waals surface area contributed by atoms with Crippen molar-refractivity contribution in [1.29, 1.82) is 0 Å². The van der Waals surface area contributed by atoms with Crippen LogP contribution >= 0.6 is 11.6 Å². The molecule has 0 atom stereocenters. The smallest absolute Gasteiger partial charge is 0.230 e. The molecule has 102 valence electrons. The summed E-state index contributed by atoms with van der Waals surface area (Å²) < 4.78 is 0. The molecule has 3 heteroatoms. The van der Waals surface area contributed by atoms with E-state index in [2.05, 4.69) is 5.32 Å². The Morgan fingerprint density at radius 1 is 1.21 bits per heavy atom. The Hall–Kier alpha value is -1.02. The highest BCUT2D eigenvalue weighted by atomic mass is 35.5. The molecule has 3 rings (SSSR count). The van der Waals surface area contributed by atoms with Crippen molar-refractivity contribution in [3.63, 3.8) is 0 Å². The zero-order valence-corrected chi connectivity index (χ0v) is 11.9. The van der Waals surface area contributed by atoms with Gasteiger partial charge in [-0.2, -0.15) is 0 Å². The number of hydrogen-bond donors (Lipinski definition) is 1. The van der Waals surface area contributed by atoms with E-state index in [1.54, 1.807) is 0 Å². The number of carbonyl (C=O) groups excluding carboxylic acids is 1. The predicted octanol–water partition coefficient (Wildman–Crippen LogP) is 3.82. The summed E-state index contributed by atoms with van der Waals surface area (Å²) in [4.78, 5) is 12.6. The average Bonchev–Trinajstić information content (AvgIpc) is 3.21. The molecule has 1 N–H and O–H groups in total. The molecule has 2 aliphatic carbocycles.